The molecule has 2 aromatic carbocycles. The third-order valence-corrected chi connectivity index (χ3v) is 8.87. The van der Waals surface area contributed by atoms with E-state index in [0.29, 0.717) is 32.5 Å². The number of pyridine rings is 1. The molecule has 3 aliphatic rings. The summed E-state index contributed by atoms with van der Waals surface area (Å²) in [7, 11) is 0. The standard InChI is InChI=1S/C30H30N6O4/c37-28-9-3-7-25-19-13-20(17-34(25)28)29-22(15-18-14-21(36(39)40)10-11-26(18)35(29)16-19)30(38)31-12-4-8-27-32-23-5-1-2-6-24(23)33-27/h1-3,5-7,9-11,14,19-20,22,29H,4,8,12-13,15-17H2,(H,31,38)(H,32,33)/t19-,20-,22-,29+/m1/s1. The van der Waals surface area contributed by atoms with Gasteiger partial charge in [0, 0.05) is 67.6 Å². The van der Waals surface area contributed by atoms with Gasteiger partial charge in [-0.3, -0.25) is 19.7 Å². The first-order valence-corrected chi connectivity index (χ1v) is 13.9. The maximum absolute atomic E-state index is 13.7. The number of carbonyl (C=O) groups excluding carboxylic acids is 1. The van der Waals surface area contributed by atoms with E-state index in [-0.39, 0.29) is 45.9 Å². The number of benzene rings is 2. The Labute approximate surface area is 230 Å². The van der Waals surface area contributed by atoms with Gasteiger partial charge in [-0.2, -0.15) is 0 Å². The number of nitrogens with zero attached hydrogens (tertiary/aromatic N) is 4. The van der Waals surface area contributed by atoms with E-state index in [1.807, 2.05) is 47.0 Å². The minimum atomic E-state index is -0.382. The second-order valence-corrected chi connectivity index (χ2v) is 11.2. The van der Waals surface area contributed by atoms with Gasteiger partial charge in [0.25, 0.3) is 11.2 Å². The summed E-state index contributed by atoms with van der Waals surface area (Å²) in [5.74, 6) is 0.776. The average Bonchev–Trinajstić information content (AvgIpc) is 3.38. The van der Waals surface area contributed by atoms with E-state index in [9.17, 15) is 19.7 Å². The van der Waals surface area contributed by atoms with Crippen LogP contribution in [0.4, 0.5) is 11.4 Å². The molecule has 1 amide bonds. The smallest absolute Gasteiger partial charge is 0.269 e. The zero-order valence-electron chi connectivity index (χ0n) is 22.0. The zero-order valence-corrected chi connectivity index (χ0v) is 22.0. The molecule has 0 unspecified atom stereocenters. The number of rotatable bonds is 6. The number of aryl methyl sites for hydroxylation is 1. The monoisotopic (exact) mass is 538 g/mol. The van der Waals surface area contributed by atoms with Crippen LogP contribution in [-0.4, -0.2) is 44.5 Å². The number of nitrogens with one attached hydrogen (secondary N) is 2. The van der Waals surface area contributed by atoms with Crippen LogP contribution in [0.15, 0.2) is 65.5 Å². The van der Waals surface area contributed by atoms with Crippen LogP contribution in [0.3, 0.4) is 0 Å². The van der Waals surface area contributed by atoms with Gasteiger partial charge in [-0.05, 0) is 55.0 Å². The number of hydrogen-bond acceptors (Lipinski definition) is 6. The molecule has 0 aliphatic carbocycles. The van der Waals surface area contributed by atoms with E-state index >= 15 is 0 Å². The van der Waals surface area contributed by atoms with Crippen molar-refractivity contribution in [1.29, 1.82) is 0 Å². The summed E-state index contributed by atoms with van der Waals surface area (Å²) in [5.41, 5.74) is 4.79. The Kier molecular flexibility index (Phi) is 5.91. The summed E-state index contributed by atoms with van der Waals surface area (Å²) in [5, 5.41) is 14.7. The summed E-state index contributed by atoms with van der Waals surface area (Å²) < 4.78 is 1.88. The van der Waals surface area contributed by atoms with Crippen molar-refractivity contribution in [3.05, 3.63) is 98.2 Å². The normalized spacial score (nSPS) is 22.8. The lowest BCUT2D eigenvalue weighted by Crippen LogP contribution is -2.61. The number of hydrogen-bond donors (Lipinski definition) is 2. The highest BCUT2D eigenvalue weighted by Gasteiger charge is 2.49. The van der Waals surface area contributed by atoms with Crippen molar-refractivity contribution in [2.75, 3.05) is 18.0 Å². The first kappa shape index (κ1) is 24.6. The first-order valence-electron chi connectivity index (χ1n) is 13.9. The van der Waals surface area contributed by atoms with Crippen molar-refractivity contribution < 1.29 is 9.72 Å². The summed E-state index contributed by atoms with van der Waals surface area (Å²) in [4.78, 5) is 47.9. The van der Waals surface area contributed by atoms with E-state index in [1.165, 1.54) is 0 Å². The summed E-state index contributed by atoms with van der Waals surface area (Å²) in [6, 6.07) is 18.3. The molecule has 2 aromatic heterocycles. The van der Waals surface area contributed by atoms with E-state index in [0.717, 1.165) is 46.6 Å². The molecule has 5 heterocycles. The molecule has 0 saturated carbocycles. The number of imidazole rings is 1. The van der Waals surface area contributed by atoms with Crippen LogP contribution < -0.4 is 15.8 Å². The van der Waals surface area contributed by atoms with Crippen molar-refractivity contribution in [1.82, 2.24) is 19.9 Å². The van der Waals surface area contributed by atoms with Gasteiger partial charge < -0.3 is 19.8 Å². The number of fused-ring (bicyclic) bond motifs is 9. The van der Waals surface area contributed by atoms with Crippen molar-refractivity contribution in [2.24, 2.45) is 11.8 Å². The van der Waals surface area contributed by atoms with Crippen LogP contribution in [-0.2, 0) is 24.2 Å². The van der Waals surface area contributed by atoms with E-state index in [2.05, 4.69) is 20.2 Å². The number of piperidine rings is 1. The highest BCUT2D eigenvalue weighted by atomic mass is 16.6. The van der Waals surface area contributed by atoms with E-state index in [1.54, 1.807) is 18.2 Å². The Morgan fingerprint density at radius 1 is 1.12 bits per heavy atom. The van der Waals surface area contributed by atoms with Crippen LogP contribution >= 0.6 is 0 Å². The van der Waals surface area contributed by atoms with Gasteiger partial charge in [0.2, 0.25) is 5.91 Å². The van der Waals surface area contributed by atoms with E-state index in [4.69, 9.17) is 0 Å². The number of carbonyl (C=O) groups is 1. The number of aromatic nitrogens is 3. The molecule has 7 rings (SSSR count). The van der Waals surface area contributed by atoms with Crippen LogP contribution in [0.1, 0.15) is 35.8 Å². The van der Waals surface area contributed by atoms with Crippen molar-refractivity contribution >= 4 is 28.3 Å². The fourth-order valence-corrected chi connectivity index (χ4v) is 7.17. The lowest BCUT2D eigenvalue weighted by atomic mass is 9.70. The molecule has 4 atom stereocenters. The molecule has 10 heteroatoms. The number of anilines is 1. The Balaban J connectivity index is 1.14. The van der Waals surface area contributed by atoms with Gasteiger partial charge in [0.15, 0.2) is 0 Å². The summed E-state index contributed by atoms with van der Waals surface area (Å²) in [6.07, 6.45) is 2.81. The third kappa shape index (κ3) is 4.14. The fraction of sp³-hybridized carbons (Fsp3) is 0.367. The molecule has 1 fully saturated rings. The van der Waals surface area contributed by atoms with Crippen molar-refractivity contribution in [3.63, 3.8) is 0 Å². The Bertz CT molecular complexity index is 1660. The minimum Gasteiger partial charge on any atom is -0.366 e. The SMILES string of the molecule is O=C(NCCCc1nc2ccccc2[nH]1)[C@@H]1Cc2cc([N+](=O)[O-])ccc2N2C[C@H]3C[C@H](Cn4c3cccc4=O)[C@@H]12. The molecule has 0 radical (unpaired) electrons. The number of nitro groups is 1. The maximum atomic E-state index is 13.7. The lowest BCUT2D eigenvalue weighted by molar-refractivity contribution is -0.384. The molecule has 40 heavy (non-hydrogen) atoms. The molecule has 2 bridgehead atoms. The topological polar surface area (TPSA) is 126 Å². The number of H-pyrrole nitrogens is 1. The summed E-state index contributed by atoms with van der Waals surface area (Å²) in [6.45, 7) is 1.76. The number of non-ortho nitro benzene ring substituents is 1. The molecular weight excluding hydrogens is 508 g/mol. The van der Waals surface area contributed by atoms with Gasteiger partial charge in [0.1, 0.15) is 5.82 Å². The Hall–Kier alpha value is -4.47. The van der Waals surface area contributed by atoms with Gasteiger partial charge in [0.05, 0.1) is 21.9 Å². The Morgan fingerprint density at radius 3 is 2.85 bits per heavy atom. The number of amides is 1. The lowest BCUT2D eigenvalue weighted by Gasteiger charge is -2.54. The van der Waals surface area contributed by atoms with Crippen LogP contribution in [0, 0.1) is 22.0 Å². The molecule has 1 saturated heterocycles. The highest BCUT2D eigenvalue weighted by molar-refractivity contribution is 5.82. The predicted molar refractivity (Wildman–Crippen MR) is 150 cm³/mol. The quantitative estimate of drug-likeness (QED) is 0.220. The zero-order chi connectivity index (χ0) is 27.4. The highest BCUT2D eigenvalue weighted by Crippen LogP contribution is 2.47. The average molecular weight is 539 g/mol. The molecule has 3 aliphatic heterocycles. The summed E-state index contributed by atoms with van der Waals surface area (Å²) >= 11 is 0. The minimum absolute atomic E-state index is 0.000858. The van der Waals surface area contributed by atoms with Crippen LogP contribution in [0.5, 0.6) is 0 Å². The van der Waals surface area contributed by atoms with E-state index < -0.39 is 0 Å². The van der Waals surface area contributed by atoms with Crippen LogP contribution in [0.25, 0.3) is 11.0 Å². The Morgan fingerprint density at radius 2 is 2.00 bits per heavy atom. The molecule has 4 aromatic rings. The van der Waals surface area contributed by atoms with Gasteiger partial charge in [-0.1, -0.05) is 18.2 Å². The predicted octanol–water partition coefficient (Wildman–Crippen LogP) is 3.55. The second-order valence-electron chi connectivity index (χ2n) is 11.2. The maximum Gasteiger partial charge on any atom is 0.269 e. The molecule has 0 spiro atoms. The van der Waals surface area contributed by atoms with Crippen LogP contribution in [0.2, 0.25) is 0 Å². The molecule has 10 nitrogen and oxygen atoms in total. The number of aromatic amines is 1. The van der Waals surface area contributed by atoms with Gasteiger partial charge >= 0.3 is 0 Å². The van der Waals surface area contributed by atoms with Crippen molar-refractivity contribution in [3.8, 4) is 0 Å². The number of nitro benzene ring substituents is 1. The first-order chi connectivity index (χ1) is 19.5. The van der Waals surface area contributed by atoms with Gasteiger partial charge in [-0.25, -0.2) is 4.98 Å². The molecule has 2 N–H and O–H groups in total. The van der Waals surface area contributed by atoms with Crippen molar-refractivity contribution in [2.45, 2.75) is 44.2 Å². The fourth-order valence-electron chi connectivity index (χ4n) is 7.17. The largest absolute Gasteiger partial charge is 0.366 e. The molecular formula is C30H30N6O4. The number of para-hydroxylation sites is 2. The molecule has 204 valence electrons. The van der Waals surface area contributed by atoms with Gasteiger partial charge in [-0.15, -0.1) is 0 Å². The third-order valence-electron chi connectivity index (χ3n) is 8.87. The second kappa shape index (κ2) is 9.62.